The quantitative estimate of drug-likeness (QED) is 0.272. The zero-order valence-electron chi connectivity index (χ0n) is 16.9. The summed E-state index contributed by atoms with van der Waals surface area (Å²) in [5.74, 6) is 6.61. The Morgan fingerprint density at radius 3 is 2.68 bits per heavy atom. The topological polar surface area (TPSA) is 115 Å². The maximum Gasteiger partial charge on any atom is 0.234 e. The highest BCUT2D eigenvalue weighted by Gasteiger charge is 2.16. The molecule has 2 heterocycles. The lowest BCUT2D eigenvalue weighted by Gasteiger charge is -2.07. The van der Waals surface area contributed by atoms with E-state index in [4.69, 9.17) is 5.84 Å². The van der Waals surface area contributed by atoms with Gasteiger partial charge in [-0.25, -0.2) is 4.68 Å². The molecule has 2 aromatic carbocycles. The molecule has 0 unspecified atom stereocenters. The molecule has 4 N–H and O–H groups in total. The number of nitrogens with two attached hydrogens (primary N) is 1. The molecular weight excluding hydrogens is 478 g/mol. The van der Waals surface area contributed by atoms with Crippen LogP contribution < -0.4 is 11.2 Å². The standard InChI is InChI=1S/C21H20BrN7OS/c1-12-3-5-14(6-4-12)17-10-18(26-25-17)20-27-28-21(29(20)23)31-11-19(30)24-15-7-8-16(22)13(2)9-15/h3-10H,11,23H2,1-2H3,(H,24,30)(H,25,26). The minimum atomic E-state index is -0.153. The lowest BCUT2D eigenvalue weighted by molar-refractivity contribution is -0.113. The molecule has 0 spiro atoms. The Bertz CT molecular complexity index is 1230. The molecule has 2 aromatic heterocycles. The molecule has 0 aliphatic rings. The number of halogens is 1. The number of aromatic amines is 1. The Labute approximate surface area is 191 Å². The van der Waals surface area contributed by atoms with Gasteiger partial charge in [-0.05, 0) is 43.7 Å². The number of nitrogens with zero attached hydrogens (tertiary/aromatic N) is 4. The van der Waals surface area contributed by atoms with Gasteiger partial charge in [-0.3, -0.25) is 9.89 Å². The van der Waals surface area contributed by atoms with Gasteiger partial charge in [0.1, 0.15) is 5.69 Å². The molecule has 158 valence electrons. The first-order chi connectivity index (χ1) is 14.9. The summed E-state index contributed by atoms with van der Waals surface area (Å²) >= 11 is 4.66. The third kappa shape index (κ3) is 4.80. The first-order valence-electron chi connectivity index (χ1n) is 9.43. The lowest BCUT2D eigenvalue weighted by Crippen LogP contribution is -2.16. The van der Waals surface area contributed by atoms with Crippen molar-refractivity contribution < 1.29 is 4.79 Å². The minimum Gasteiger partial charge on any atom is -0.335 e. The van der Waals surface area contributed by atoms with E-state index < -0.39 is 0 Å². The second-order valence-corrected chi connectivity index (χ2v) is 8.81. The van der Waals surface area contributed by atoms with Crippen molar-refractivity contribution >= 4 is 39.3 Å². The molecule has 0 aliphatic carbocycles. The second kappa shape index (κ2) is 8.94. The first-order valence-corrected chi connectivity index (χ1v) is 11.2. The van der Waals surface area contributed by atoms with Gasteiger partial charge in [0.15, 0.2) is 0 Å². The van der Waals surface area contributed by atoms with Crippen LogP contribution in [0.1, 0.15) is 11.1 Å². The number of H-pyrrole nitrogens is 1. The number of hydrogen-bond donors (Lipinski definition) is 3. The Balaban J connectivity index is 1.42. The minimum absolute atomic E-state index is 0.153. The van der Waals surface area contributed by atoms with E-state index in [9.17, 15) is 4.79 Å². The Kier molecular flexibility index (Phi) is 6.10. The number of thioether (sulfide) groups is 1. The average molecular weight is 498 g/mol. The summed E-state index contributed by atoms with van der Waals surface area (Å²) in [5.41, 5.74) is 5.39. The summed E-state index contributed by atoms with van der Waals surface area (Å²) < 4.78 is 2.35. The van der Waals surface area contributed by atoms with Crippen LogP contribution in [0.4, 0.5) is 5.69 Å². The highest BCUT2D eigenvalue weighted by molar-refractivity contribution is 9.10. The van der Waals surface area contributed by atoms with E-state index in [2.05, 4.69) is 41.6 Å². The summed E-state index contributed by atoms with van der Waals surface area (Å²) in [4.78, 5) is 12.3. The summed E-state index contributed by atoms with van der Waals surface area (Å²) in [6.45, 7) is 4.00. The Morgan fingerprint density at radius 2 is 1.94 bits per heavy atom. The number of carbonyl (C=O) groups is 1. The van der Waals surface area contributed by atoms with Gasteiger partial charge in [0.05, 0.1) is 11.4 Å². The fourth-order valence-corrected chi connectivity index (χ4v) is 3.82. The van der Waals surface area contributed by atoms with Gasteiger partial charge in [-0.2, -0.15) is 5.10 Å². The number of benzene rings is 2. The molecule has 31 heavy (non-hydrogen) atoms. The number of aryl methyl sites for hydroxylation is 2. The highest BCUT2D eigenvalue weighted by Crippen LogP contribution is 2.25. The van der Waals surface area contributed by atoms with E-state index in [0.29, 0.717) is 16.7 Å². The van der Waals surface area contributed by atoms with Crippen molar-refractivity contribution in [2.75, 3.05) is 16.9 Å². The van der Waals surface area contributed by atoms with E-state index in [0.717, 1.165) is 27.0 Å². The SMILES string of the molecule is Cc1ccc(-c2cc(-c3nnc(SCC(=O)Nc4ccc(Br)c(C)c4)n3N)[nH]n2)cc1. The van der Waals surface area contributed by atoms with Gasteiger partial charge in [0.25, 0.3) is 0 Å². The van der Waals surface area contributed by atoms with Crippen LogP contribution in [-0.2, 0) is 4.79 Å². The maximum absolute atomic E-state index is 12.3. The van der Waals surface area contributed by atoms with Crippen molar-refractivity contribution in [3.63, 3.8) is 0 Å². The molecule has 0 saturated carbocycles. The number of aromatic nitrogens is 5. The molecule has 10 heteroatoms. The molecule has 0 atom stereocenters. The Morgan fingerprint density at radius 1 is 1.16 bits per heavy atom. The van der Waals surface area contributed by atoms with Crippen LogP contribution in [0.25, 0.3) is 22.8 Å². The molecule has 1 amide bonds. The zero-order chi connectivity index (χ0) is 22.0. The Hall–Kier alpha value is -3.11. The van der Waals surface area contributed by atoms with Gasteiger partial charge in [-0.1, -0.05) is 57.5 Å². The van der Waals surface area contributed by atoms with Crippen molar-refractivity contribution in [2.45, 2.75) is 19.0 Å². The first kappa shape index (κ1) is 21.1. The van der Waals surface area contributed by atoms with E-state index in [1.807, 2.05) is 62.4 Å². The fraction of sp³-hybridized carbons (Fsp3) is 0.143. The van der Waals surface area contributed by atoms with Crippen molar-refractivity contribution in [3.05, 3.63) is 64.1 Å². The van der Waals surface area contributed by atoms with Crippen LogP contribution in [0.3, 0.4) is 0 Å². The third-order valence-electron chi connectivity index (χ3n) is 4.60. The average Bonchev–Trinajstić information content (AvgIpc) is 3.36. The summed E-state index contributed by atoms with van der Waals surface area (Å²) in [7, 11) is 0. The van der Waals surface area contributed by atoms with E-state index in [1.165, 1.54) is 22.0 Å². The van der Waals surface area contributed by atoms with Crippen molar-refractivity contribution in [1.82, 2.24) is 25.1 Å². The fourth-order valence-electron chi connectivity index (χ4n) is 2.92. The van der Waals surface area contributed by atoms with Crippen LogP contribution in [0.2, 0.25) is 0 Å². The van der Waals surface area contributed by atoms with Crippen LogP contribution in [0, 0.1) is 13.8 Å². The summed E-state index contributed by atoms with van der Waals surface area (Å²) in [6.07, 6.45) is 0. The smallest absolute Gasteiger partial charge is 0.234 e. The normalized spacial score (nSPS) is 10.9. The van der Waals surface area contributed by atoms with Gasteiger partial charge in [-0.15, -0.1) is 10.2 Å². The number of nitrogens with one attached hydrogen (secondary N) is 2. The van der Waals surface area contributed by atoms with E-state index in [-0.39, 0.29) is 11.7 Å². The molecule has 4 aromatic rings. The van der Waals surface area contributed by atoms with Crippen molar-refractivity contribution in [3.8, 4) is 22.8 Å². The van der Waals surface area contributed by atoms with Crippen molar-refractivity contribution in [1.29, 1.82) is 0 Å². The largest absolute Gasteiger partial charge is 0.335 e. The number of carbonyl (C=O) groups excluding carboxylic acids is 1. The van der Waals surface area contributed by atoms with Gasteiger partial charge in [0.2, 0.25) is 16.9 Å². The summed E-state index contributed by atoms with van der Waals surface area (Å²) in [5, 5.41) is 18.9. The molecule has 0 saturated heterocycles. The molecule has 0 bridgehead atoms. The van der Waals surface area contributed by atoms with Crippen LogP contribution in [-0.4, -0.2) is 36.7 Å². The number of rotatable bonds is 6. The van der Waals surface area contributed by atoms with Crippen molar-refractivity contribution in [2.24, 2.45) is 0 Å². The van der Waals surface area contributed by atoms with E-state index >= 15 is 0 Å². The van der Waals surface area contributed by atoms with Crippen LogP contribution in [0.15, 0.2) is 58.2 Å². The summed E-state index contributed by atoms with van der Waals surface area (Å²) in [6, 6.07) is 15.6. The van der Waals surface area contributed by atoms with Gasteiger partial charge in [0, 0.05) is 15.7 Å². The molecule has 0 radical (unpaired) electrons. The third-order valence-corrected chi connectivity index (χ3v) is 6.44. The highest BCUT2D eigenvalue weighted by atomic mass is 79.9. The molecular formula is C21H20BrN7OS. The molecule has 0 fully saturated rings. The zero-order valence-corrected chi connectivity index (χ0v) is 19.3. The number of amides is 1. The number of anilines is 1. The molecule has 0 aliphatic heterocycles. The van der Waals surface area contributed by atoms with E-state index in [1.54, 1.807) is 0 Å². The predicted octanol–water partition coefficient (Wildman–Crippen LogP) is 4.16. The van der Waals surface area contributed by atoms with Gasteiger partial charge >= 0.3 is 0 Å². The van der Waals surface area contributed by atoms with Crippen LogP contribution in [0.5, 0.6) is 0 Å². The molecule has 8 nitrogen and oxygen atoms in total. The number of hydrogen-bond acceptors (Lipinski definition) is 6. The van der Waals surface area contributed by atoms with Crippen LogP contribution >= 0.6 is 27.7 Å². The maximum atomic E-state index is 12.3. The number of nitrogen functional groups attached to an aromatic ring is 1. The monoisotopic (exact) mass is 497 g/mol. The van der Waals surface area contributed by atoms with Gasteiger partial charge < -0.3 is 11.2 Å². The lowest BCUT2D eigenvalue weighted by atomic mass is 10.1. The predicted molar refractivity (Wildman–Crippen MR) is 126 cm³/mol. The molecule has 4 rings (SSSR count). The second-order valence-electron chi connectivity index (χ2n) is 7.01.